The summed E-state index contributed by atoms with van der Waals surface area (Å²) in [5, 5.41) is 9.85. The molecule has 1 heterocycles. The minimum atomic E-state index is -4.17. The van der Waals surface area contributed by atoms with Crippen LogP contribution in [0.2, 0.25) is 0 Å². The molecule has 0 atom stereocenters. The van der Waals surface area contributed by atoms with Crippen molar-refractivity contribution in [2.45, 2.75) is 4.21 Å². The van der Waals surface area contributed by atoms with E-state index in [0.717, 1.165) is 29.6 Å². The Balaban J connectivity index is 2.35. The molecular formula is C11H7F2NO4S2. The maximum atomic E-state index is 13.4. The fourth-order valence-corrected chi connectivity index (χ4v) is 3.56. The number of rotatable bonds is 4. The number of nitrogens with one attached hydrogen (secondary N) is 1. The standard InChI is InChI=1S/C11H7F2NO4S2/c12-7-2-1-3-8(10(7)13)14-20(17,18)9-4-6(5-19-9)11(15)16/h1-5,14H,(H,15,16). The predicted molar refractivity (Wildman–Crippen MR) is 68.4 cm³/mol. The maximum Gasteiger partial charge on any atom is 0.336 e. The van der Waals surface area contributed by atoms with Crippen molar-refractivity contribution in [1.29, 1.82) is 0 Å². The molecular weight excluding hydrogens is 312 g/mol. The first-order valence-electron chi connectivity index (χ1n) is 5.10. The van der Waals surface area contributed by atoms with E-state index in [1.807, 2.05) is 4.72 Å². The summed E-state index contributed by atoms with van der Waals surface area (Å²) in [5.41, 5.74) is -0.745. The van der Waals surface area contributed by atoms with Gasteiger partial charge in [-0.3, -0.25) is 4.72 Å². The number of thiophene rings is 1. The van der Waals surface area contributed by atoms with Gasteiger partial charge < -0.3 is 5.11 Å². The molecule has 0 saturated heterocycles. The van der Waals surface area contributed by atoms with E-state index in [9.17, 15) is 22.0 Å². The molecule has 0 radical (unpaired) electrons. The molecule has 106 valence electrons. The maximum absolute atomic E-state index is 13.4. The van der Waals surface area contributed by atoms with Crippen LogP contribution in [-0.2, 0) is 10.0 Å². The zero-order valence-electron chi connectivity index (χ0n) is 9.63. The number of carboxylic acid groups (broad SMARTS) is 1. The highest BCUT2D eigenvalue weighted by molar-refractivity contribution is 7.94. The van der Waals surface area contributed by atoms with E-state index in [1.165, 1.54) is 0 Å². The van der Waals surface area contributed by atoms with E-state index in [2.05, 4.69) is 0 Å². The Morgan fingerprint density at radius 3 is 2.60 bits per heavy atom. The van der Waals surface area contributed by atoms with Gasteiger partial charge in [0.15, 0.2) is 11.6 Å². The molecule has 0 spiro atoms. The summed E-state index contributed by atoms with van der Waals surface area (Å²) in [4.78, 5) is 10.7. The summed E-state index contributed by atoms with van der Waals surface area (Å²) in [7, 11) is -4.17. The van der Waals surface area contributed by atoms with Gasteiger partial charge >= 0.3 is 5.97 Å². The molecule has 0 saturated carbocycles. The molecule has 5 nitrogen and oxygen atoms in total. The third kappa shape index (κ3) is 2.78. The number of aromatic carboxylic acids is 1. The second-order valence-electron chi connectivity index (χ2n) is 3.67. The van der Waals surface area contributed by atoms with E-state index in [1.54, 1.807) is 0 Å². The van der Waals surface area contributed by atoms with Gasteiger partial charge in [0.1, 0.15) is 4.21 Å². The number of sulfonamides is 1. The second-order valence-corrected chi connectivity index (χ2v) is 6.49. The SMILES string of the molecule is O=C(O)c1csc(S(=O)(=O)Nc2cccc(F)c2F)c1. The first kappa shape index (κ1) is 14.4. The van der Waals surface area contributed by atoms with Gasteiger partial charge in [0.25, 0.3) is 10.0 Å². The van der Waals surface area contributed by atoms with E-state index in [4.69, 9.17) is 5.11 Å². The normalized spacial score (nSPS) is 11.3. The van der Waals surface area contributed by atoms with Gasteiger partial charge in [-0.2, -0.15) is 0 Å². The molecule has 1 aromatic heterocycles. The summed E-state index contributed by atoms with van der Waals surface area (Å²) in [5.74, 6) is -3.80. The molecule has 2 aromatic rings. The summed E-state index contributed by atoms with van der Waals surface area (Å²) in [6.07, 6.45) is 0. The summed E-state index contributed by atoms with van der Waals surface area (Å²) in [6.45, 7) is 0. The van der Waals surface area contributed by atoms with Crippen LogP contribution in [0.25, 0.3) is 0 Å². The van der Waals surface area contributed by atoms with Gasteiger partial charge in [-0.05, 0) is 18.2 Å². The monoisotopic (exact) mass is 319 g/mol. The van der Waals surface area contributed by atoms with Crippen LogP contribution in [0.4, 0.5) is 14.5 Å². The number of hydrogen-bond acceptors (Lipinski definition) is 4. The average molecular weight is 319 g/mol. The van der Waals surface area contributed by atoms with Gasteiger partial charge in [-0.15, -0.1) is 11.3 Å². The molecule has 0 fully saturated rings. The lowest BCUT2D eigenvalue weighted by atomic mass is 10.3. The summed E-state index contributed by atoms with van der Waals surface area (Å²) >= 11 is 0.667. The minimum absolute atomic E-state index is 0.199. The van der Waals surface area contributed by atoms with Gasteiger partial charge in [0, 0.05) is 5.38 Å². The Kier molecular flexibility index (Phi) is 3.73. The minimum Gasteiger partial charge on any atom is -0.478 e. The molecule has 9 heteroatoms. The van der Waals surface area contributed by atoms with E-state index >= 15 is 0 Å². The van der Waals surface area contributed by atoms with Crippen LogP contribution in [-0.4, -0.2) is 19.5 Å². The Bertz CT molecular complexity index is 770. The van der Waals surface area contributed by atoms with Crippen molar-refractivity contribution in [3.63, 3.8) is 0 Å². The third-order valence-electron chi connectivity index (χ3n) is 2.28. The number of hydrogen-bond donors (Lipinski definition) is 2. The molecule has 0 unspecified atom stereocenters. The summed E-state index contributed by atoms with van der Waals surface area (Å²) in [6, 6.07) is 3.99. The van der Waals surface area contributed by atoms with Crippen molar-refractivity contribution in [2.75, 3.05) is 4.72 Å². The van der Waals surface area contributed by atoms with Crippen LogP contribution in [0.5, 0.6) is 0 Å². The first-order chi connectivity index (χ1) is 9.31. The van der Waals surface area contributed by atoms with Crippen LogP contribution in [0.3, 0.4) is 0 Å². The highest BCUT2D eigenvalue weighted by Crippen LogP contribution is 2.25. The first-order valence-corrected chi connectivity index (χ1v) is 7.46. The van der Waals surface area contributed by atoms with Crippen molar-refractivity contribution in [3.05, 3.63) is 46.8 Å². The quantitative estimate of drug-likeness (QED) is 0.907. The van der Waals surface area contributed by atoms with Gasteiger partial charge in [-0.1, -0.05) is 6.07 Å². The fourth-order valence-electron chi connectivity index (χ4n) is 1.35. The Hall–Kier alpha value is -2.00. The van der Waals surface area contributed by atoms with Crippen molar-refractivity contribution in [1.82, 2.24) is 0 Å². The topological polar surface area (TPSA) is 83.5 Å². The van der Waals surface area contributed by atoms with Gasteiger partial charge in [0.05, 0.1) is 11.3 Å². The lowest BCUT2D eigenvalue weighted by molar-refractivity contribution is 0.0697. The van der Waals surface area contributed by atoms with Gasteiger partial charge in [0.2, 0.25) is 0 Å². The molecule has 2 N–H and O–H groups in total. The zero-order valence-corrected chi connectivity index (χ0v) is 11.3. The summed E-state index contributed by atoms with van der Waals surface area (Å²) < 4.78 is 51.8. The van der Waals surface area contributed by atoms with E-state index < -0.39 is 33.3 Å². The van der Waals surface area contributed by atoms with Crippen molar-refractivity contribution < 1.29 is 27.1 Å². The second kappa shape index (κ2) is 5.17. The fraction of sp³-hybridized carbons (Fsp3) is 0. The smallest absolute Gasteiger partial charge is 0.336 e. The number of carboxylic acids is 1. The number of carbonyl (C=O) groups is 1. The molecule has 0 bridgehead atoms. The molecule has 0 aliphatic heterocycles. The predicted octanol–water partition coefficient (Wildman–Crippen LogP) is 2.53. The van der Waals surface area contributed by atoms with Gasteiger partial charge in [-0.25, -0.2) is 22.0 Å². The lowest BCUT2D eigenvalue weighted by Crippen LogP contribution is -2.13. The molecule has 1 aromatic carbocycles. The van der Waals surface area contributed by atoms with Crippen LogP contribution < -0.4 is 4.72 Å². The van der Waals surface area contributed by atoms with Crippen LogP contribution >= 0.6 is 11.3 Å². The lowest BCUT2D eigenvalue weighted by Gasteiger charge is -2.07. The Morgan fingerprint density at radius 1 is 1.30 bits per heavy atom. The average Bonchev–Trinajstić information content (AvgIpc) is 2.85. The Labute approximate surface area is 116 Å². The Morgan fingerprint density at radius 2 is 2.00 bits per heavy atom. The molecule has 2 rings (SSSR count). The molecule has 0 aliphatic carbocycles. The molecule has 0 aliphatic rings. The largest absolute Gasteiger partial charge is 0.478 e. The number of anilines is 1. The van der Waals surface area contributed by atoms with Crippen LogP contribution in [0, 0.1) is 11.6 Å². The van der Waals surface area contributed by atoms with Crippen molar-refractivity contribution in [2.24, 2.45) is 0 Å². The van der Waals surface area contributed by atoms with E-state index in [-0.39, 0.29) is 9.77 Å². The van der Waals surface area contributed by atoms with E-state index in [0.29, 0.717) is 11.3 Å². The third-order valence-corrected chi connectivity index (χ3v) is 5.09. The molecule has 20 heavy (non-hydrogen) atoms. The zero-order chi connectivity index (χ0) is 14.9. The number of halogens is 2. The highest BCUT2D eigenvalue weighted by atomic mass is 32.2. The highest BCUT2D eigenvalue weighted by Gasteiger charge is 2.21. The van der Waals surface area contributed by atoms with Crippen molar-refractivity contribution in [3.8, 4) is 0 Å². The van der Waals surface area contributed by atoms with Crippen molar-refractivity contribution >= 4 is 33.0 Å². The van der Waals surface area contributed by atoms with Crippen LogP contribution in [0.15, 0.2) is 33.9 Å². The number of benzene rings is 1. The molecule has 0 amide bonds. The van der Waals surface area contributed by atoms with Crippen LogP contribution in [0.1, 0.15) is 10.4 Å².